The molecule has 0 aliphatic carbocycles. The van der Waals surface area contributed by atoms with Crippen molar-refractivity contribution >= 4 is 28.8 Å². The van der Waals surface area contributed by atoms with Gasteiger partial charge in [0.2, 0.25) is 11.9 Å². The molecule has 4 aromatic heterocycles. The average Bonchev–Trinajstić information content (AvgIpc) is 3.43. The Morgan fingerprint density at radius 1 is 1.15 bits per heavy atom. The van der Waals surface area contributed by atoms with E-state index in [4.69, 9.17) is 0 Å². The largest absolute Gasteiger partial charge is 0.371 e. The van der Waals surface area contributed by atoms with Gasteiger partial charge in [-0.3, -0.25) is 9.18 Å². The van der Waals surface area contributed by atoms with Crippen molar-refractivity contribution in [1.82, 2.24) is 34.5 Å². The van der Waals surface area contributed by atoms with Crippen molar-refractivity contribution in [2.75, 3.05) is 37.9 Å². The maximum absolute atomic E-state index is 12.7. The molecule has 10 nitrogen and oxygen atoms in total. The minimum atomic E-state index is -0.445. The van der Waals surface area contributed by atoms with Crippen LogP contribution in [0.25, 0.3) is 22.4 Å². The lowest BCUT2D eigenvalue weighted by molar-refractivity contribution is -0.118. The SMILES string of the molecule is CCCCNC(C)=O.CNc1nc(NC)c2c(-c3ccc4ncc(CCF)n4n3)ccn2n1. The van der Waals surface area contributed by atoms with E-state index in [0.29, 0.717) is 17.4 Å². The highest BCUT2D eigenvalue weighted by Gasteiger charge is 2.15. The lowest BCUT2D eigenvalue weighted by Gasteiger charge is -2.08. The van der Waals surface area contributed by atoms with E-state index in [0.717, 1.165) is 41.9 Å². The quantitative estimate of drug-likeness (QED) is 0.350. The first-order valence-electron chi connectivity index (χ1n) is 10.9. The Morgan fingerprint density at radius 2 is 1.97 bits per heavy atom. The van der Waals surface area contributed by atoms with Crippen molar-refractivity contribution in [1.29, 1.82) is 0 Å². The molecule has 3 N–H and O–H groups in total. The van der Waals surface area contributed by atoms with E-state index in [1.807, 2.05) is 31.4 Å². The summed E-state index contributed by atoms with van der Waals surface area (Å²) in [6.07, 6.45) is 6.02. The van der Waals surface area contributed by atoms with Crippen LogP contribution in [-0.2, 0) is 11.2 Å². The Kier molecular flexibility index (Phi) is 8.11. The van der Waals surface area contributed by atoms with Crippen LogP contribution in [0.5, 0.6) is 0 Å². The normalized spacial score (nSPS) is 10.7. The van der Waals surface area contributed by atoms with Crippen molar-refractivity contribution < 1.29 is 9.18 Å². The van der Waals surface area contributed by atoms with Crippen LogP contribution < -0.4 is 16.0 Å². The summed E-state index contributed by atoms with van der Waals surface area (Å²) in [5.74, 6) is 1.27. The zero-order valence-electron chi connectivity index (χ0n) is 19.4. The smallest absolute Gasteiger partial charge is 0.242 e. The first-order valence-corrected chi connectivity index (χ1v) is 10.9. The third-order valence-corrected chi connectivity index (χ3v) is 4.94. The highest BCUT2D eigenvalue weighted by molar-refractivity contribution is 5.87. The molecule has 0 spiro atoms. The molecule has 0 unspecified atom stereocenters. The molecule has 0 bridgehead atoms. The number of hydrogen-bond acceptors (Lipinski definition) is 7. The number of imidazole rings is 1. The molecule has 0 atom stereocenters. The molecule has 0 aliphatic heterocycles. The van der Waals surface area contributed by atoms with Crippen molar-refractivity contribution in [3.63, 3.8) is 0 Å². The van der Waals surface area contributed by atoms with Crippen LogP contribution in [-0.4, -0.2) is 62.4 Å². The number of carbonyl (C=O) groups is 1. The van der Waals surface area contributed by atoms with Crippen LogP contribution >= 0.6 is 0 Å². The van der Waals surface area contributed by atoms with E-state index >= 15 is 0 Å². The highest BCUT2D eigenvalue weighted by Crippen LogP contribution is 2.29. The summed E-state index contributed by atoms with van der Waals surface area (Å²) in [6, 6.07) is 5.70. The van der Waals surface area contributed by atoms with Gasteiger partial charge in [0, 0.05) is 45.7 Å². The summed E-state index contributed by atoms with van der Waals surface area (Å²) >= 11 is 0. The molecule has 0 saturated carbocycles. The monoisotopic (exact) mass is 455 g/mol. The van der Waals surface area contributed by atoms with Gasteiger partial charge in [-0.05, 0) is 24.6 Å². The van der Waals surface area contributed by atoms with E-state index in [1.165, 1.54) is 6.92 Å². The fraction of sp³-hybridized carbons (Fsp3) is 0.409. The number of anilines is 2. The van der Waals surface area contributed by atoms with Gasteiger partial charge in [0.1, 0.15) is 5.52 Å². The molecule has 4 heterocycles. The van der Waals surface area contributed by atoms with Crippen molar-refractivity contribution in [2.45, 2.75) is 33.1 Å². The summed E-state index contributed by atoms with van der Waals surface area (Å²) in [5, 5.41) is 17.8. The van der Waals surface area contributed by atoms with Crippen LogP contribution in [0, 0.1) is 0 Å². The van der Waals surface area contributed by atoms with E-state index in [2.05, 4.69) is 43.0 Å². The number of aromatic nitrogens is 6. The van der Waals surface area contributed by atoms with Gasteiger partial charge >= 0.3 is 0 Å². The second kappa shape index (κ2) is 11.2. The Bertz CT molecular complexity index is 1220. The molecule has 176 valence electrons. The van der Waals surface area contributed by atoms with Crippen LogP contribution in [0.3, 0.4) is 0 Å². The number of rotatable bonds is 8. The third kappa shape index (κ3) is 5.54. The predicted octanol–water partition coefficient (Wildman–Crippen LogP) is 2.96. The molecule has 1 amide bonds. The summed E-state index contributed by atoms with van der Waals surface area (Å²) in [4.78, 5) is 18.9. The van der Waals surface area contributed by atoms with Gasteiger partial charge in [-0.25, -0.2) is 14.0 Å². The Hall–Kier alpha value is -3.76. The second-order valence-electron chi connectivity index (χ2n) is 7.32. The standard InChI is InChI=1S/C16H17FN8.C6H13NO/c1-18-15-14-11(6-8-24(14)23-16(19-2)21-15)12-3-4-13-20-9-10(5-7-17)25(13)22-12;1-3-4-5-7-6(2)8/h3-4,6,8-9H,5,7H2,1-2H3,(H2,18,19,21,23);3-5H2,1-2H3,(H,7,8). The number of carbonyl (C=O) groups excluding carboxylic acids is 1. The zero-order valence-corrected chi connectivity index (χ0v) is 19.4. The van der Waals surface area contributed by atoms with E-state index in [1.54, 1.807) is 22.3 Å². The topological polar surface area (TPSA) is 114 Å². The van der Waals surface area contributed by atoms with Crippen LogP contribution in [0.15, 0.2) is 30.6 Å². The second-order valence-corrected chi connectivity index (χ2v) is 7.32. The summed E-state index contributed by atoms with van der Waals surface area (Å²) < 4.78 is 16.2. The Morgan fingerprint density at radius 3 is 2.64 bits per heavy atom. The number of amides is 1. The molecular weight excluding hydrogens is 425 g/mol. The highest BCUT2D eigenvalue weighted by atomic mass is 19.1. The van der Waals surface area contributed by atoms with Gasteiger partial charge in [0.25, 0.3) is 0 Å². The lowest BCUT2D eigenvalue weighted by atomic mass is 10.2. The van der Waals surface area contributed by atoms with Gasteiger partial charge in [0.05, 0.1) is 24.3 Å². The van der Waals surface area contributed by atoms with Crippen molar-refractivity contribution in [3.8, 4) is 11.3 Å². The molecule has 11 heteroatoms. The molecule has 0 aliphatic rings. The fourth-order valence-electron chi connectivity index (χ4n) is 3.28. The lowest BCUT2D eigenvalue weighted by Crippen LogP contribution is -2.20. The number of nitrogens with one attached hydrogen (secondary N) is 3. The maximum atomic E-state index is 12.7. The van der Waals surface area contributed by atoms with E-state index in [-0.39, 0.29) is 12.3 Å². The summed E-state index contributed by atoms with van der Waals surface area (Å²) in [7, 11) is 3.58. The van der Waals surface area contributed by atoms with Crippen LogP contribution in [0.2, 0.25) is 0 Å². The molecule has 0 fully saturated rings. The summed E-state index contributed by atoms with van der Waals surface area (Å²) in [5.41, 5.74) is 3.88. The summed E-state index contributed by atoms with van der Waals surface area (Å²) in [6.45, 7) is 4.02. The molecular formula is C22H30FN9O. The number of unbranched alkanes of at least 4 members (excludes halogenated alkanes) is 1. The average molecular weight is 456 g/mol. The first-order chi connectivity index (χ1) is 16.0. The molecule has 4 rings (SSSR count). The number of aryl methyl sites for hydroxylation is 1. The van der Waals surface area contributed by atoms with Crippen LogP contribution in [0.4, 0.5) is 16.2 Å². The number of nitrogens with zero attached hydrogens (tertiary/aromatic N) is 6. The molecule has 0 aromatic carbocycles. The first kappa shape index (κ1) is 23.9. The van der Waals surface area contributed by atoms with Gasteiger partial charge in [-0.2, -0.15) is 10.1 Å². The molecule has 0 saturated heterocycles. The van der Waals surface area contributed by atoms with Gasteiger partial charge in [-0.15, -0.1) is 5.10 Å². The van der Waals surface area contributed by atoms with Gasteiger partial charge < -0.3 is 16.0 Å². The Balaban J connectivity index is 0.000000331. The minimum Gasteiger partial charge on any atom is -0.371 e. The minimum absolute atomic E-state index is 0.0680. The number of fused-ring (bicyclic) bond motifs is 2. The van der Waals surface area contributed by atoms with Gasteiger partial charge in [0.15, 0.2) is 11.5 Å². The number of alkyl halides is 1. The fourth-order valence-corrected chi connectivity index (χ4v) is 3.28. The Labute approximate surface area is 191 Å². The van der Waals surface area contributed by atoms with Gasteiger partial charge in [-0.1, -0.05) is 13.3 Å². The van der Waals surface area contributed by atoms with E-state index in [9.17, 15) is 9.18 Å². The number of hydrogen-bond donors (Lipinski definition) is 3. The van der Waals surface area contributed by atoms with Crippen molar-refractivity contribution in [2.24, 2.45) is 0 Å². The molecule has 0 radical (unpaired) electrons. The predicted molar refractivity (Wildman–Crippen MR) is 127 cm³/mol. The maximum Gasteiger partial charge on any atom is 0.242 e. The van der Waals surface area contributed by atoms with Crippen molar-refractivity contribution in [3.05, 3.63) is 36.3 Å². The molecule has 33 heavy (non-hydrogen) atoms. The number of halogens is 1. The molecule has 4 aromatic rings. The van der Waals surface area contributed by atoms with E-state index < -0.39 is 6.67 Å². The van der Waals surface area contributed by atoms with Crippen LogP contribution in [0.1, 0.15) is 32.4 Å². The zero-order chi connectivity index (χ0) is 23.8. The third-order valence-electron chi connectivity index (χ3n) is 4.94.